The van der Waals surface area contributed by atoms with Crippen molar-refractivity contribution in [2.24, 2.45) is 0 Å². The van der Waals surface area contributed by atoms with E-state index < -0.39 is 10.2 Å². The van der Waals surface area contributed by atoms with Crippen molar-refractivity contribution in [3.05, 3.63) is 0 Å². The molecular weight excluding hydrogens is 292 g/mol. The minimum Gasteiger partial charge on any atom is -0.195 e. The van der Waals surface area contributed by atoms with Crippen molar-refractivity contribution in [1.82, 2.24) is 8.61 Å². The minimum absolute atomic E-state index is 0.631. The number of rotatable bonds is 7. The van der Waals surface area contributed by atoms with Gasteiger partial charge in [-0.05, 0) is 25.7 Å². The molecule has 0 bridgehead atoms. The van der Waals surface area contributed by atoms with E-state index in [1.165, 1.54) is 4.31 Å². The van der Waals surface area contributed by atoms with E-state index in [-0.39, 0.29) is 0 Å². The summed E-state index contributed by atoms with van der Waals surface area (Å²) in [7, 11) is -1.49. The van der Waals surface area contributed by atoms with Gasteiger partial charge in [-0.1, -0.05) is 22.4 Å². The lowest BCUT2D eigenvalue weighted by Crippen LogP contribution is -2.40. The third-order valence-corrected chi connectivity index (χ3v) is 5.44. The maximum atomic E-state index is 12.0. The van der Waals surface area contributed by atoms with Crippen LogP contribution in [0, 0.1) is 0 Å². The molecule has 0 saturated carbocycles. The average Bonchev–Trinajstić information content (AvgIpc) is 2.77. The molecule has 0 aliphatic carbocycles. The van der Waals surface area contributed by atoms with Crippen LogP contribution in [0.3, 0.4) is 0 Å². The Morgan fingerprint density at radius 3 is 2.38 bits per heavy atom. The van der Waals surface area contributed by atoms with E-state index in [2.05, 4.69) is 15.9 Å². The molecule has 0 amide bonds. The molecule has 1 heterocycles. The Balaban J connectivity index is 2.36. The van der Waals surface area contributed by atoms with Crippen molar-refractivity contribution >= 4 is 26.1 Å². The molecule has 0 radical (unpaired) electrons. The van der Waals surface area contributed by atoms with E-state index in [9.17, 15) is 8.42 Å². The Labute approximate surface area is 107 Å². The lowest BCUT2D eigenvalue weighted by atomic mass is 10.2. The molecule has 6 heteroatoms. The number of alkyl halides is 1. The lowest BCUT2D eigenvalue weighted by Gasteiger charge is -2.23. The summed E-state index contributed by atoms with van der Waals surface area (Å²) < 4.78 is 27.2. The third-order valence-electron chi connectivity index (χ3n) is 2.89. The fourth-order valence-electron chi connectivity index (χ4n) is 1.84. The molecule has 1 aliphatic rings. The molecule has 0 unspecified atom stereocenters. The average molecular weight is 313 g/mol. The monoisotopic (exact) mass is 312 g/mol. The molecule has 1 rings (SSSR count). The maximum Gasteiger partial charge on any atom is 0.281 e. The quantitative estimate of drug-likeness (QED) is 0.531. The second kappa shape index (κ2) is 6.93. The largest absolute Gasteiger partial charge is 0.281 e. The van der Waals surface area contributed by atoms with Crippen LogP contribution >= 0.6 is 15.9 Å². The highest BCUT2D eigenvalue weighted by atomic mass is 79.9. The summed E-state index contributed by atoms with van der Waals surface area (Å²) in [5, 5.41) is 0.996. The molecule has 0 spiro atoms. The van der Waals surface area contributed by atoms with Crippen LogP contribution in [0.1, 0.15) is 32.1 Å². The van der Waals surface area contributed by atoms with Crippen molar-refractivity contribution in [2.75, 3.05) is 32.0 Å². The molecule has 0 aromatic heterocycles. The normalized spacial score (nSPS) is 18.4. The van der Waals surface area contributed by atoms with Crippen molar-refractivity contribution in [1.29, 1.82) is 0 Å². The van der Waals surface area contributed by atoms with E-state index >= 15 is 0 Å². The highest BCUT2D eigenvalue weighted by Gasteiger charge is 2.28. The van der Waals surface area contributed by atoms with Crippen molar-refractivity contribution in [3.63, 3.8) is 0 Å². The van der Waals surface area contributed by atoms with Gasteiger partial charge in [0.25, 0.3) is 10.2 Å². The molecule has 0 aromatic rings. The van der Waals surface area contributed by atoms with E-state index in [1.54, 1.807) is 11.4 Å². The highest BCUT2D eigenvalue weighted by Crippen LogP contribution is 2.15. The van der Waals surface area contributed by atoms with Crippen LogP contribution in [-0.4, -0.2) is 49.0 Å². The molecule has 16 heavy (non-hydrogen) atoms. The van der Waals surface area contributed by atoms with Gasteiger partial charge in [-0.25, -0.2) is 0 Å². The van der Waals surface area contributed by atoms with Gasteiger partial charge >= 0.3 is 0 Å². The first-order chi connectivity index (χ1) is 7.59. The Hall–Kier alpha value is 0.350. The molecule has 0 aromatic carbocycles. The Kier molecular flexibility index (Phi) is 6.25. The van der Waals surface area contributed by atoms with E-state index in [1.807, 2.05) is 0 Å². The molecule has 0 N–H and O–H groups in total. The highest BCUT2D eigenvalue weighted by molar-refractivity contribution is 9.09. The van der Waals surface area contributed by atoms with Gasteiger partial charge in [0.2, 0.25) is 0 Å². The van der Waals surface area contributed by atoms with Gasteiger partial charge < -0.3 is 0 Å². The van der Waals surface area contributed by atoms with Crippen LogP contribution < -0.4 is 0 Å². The first-order valence-corrected chi connectivity index (χ1v) is 8.38. The molecule has 1 saturated heterocycles. The maximum absolute atomic E-state index is 12.0. The summed E-state index contributed by atoms with van der Waals surface area (Å²) in [6.45, 7) is 2.01. The van der Waals surface area contributed by atoms with Crippen LogP contribution in [0.2, 0.25) is 0 Å². The summed E-state index contributed by atoms with van der Waals surface area (Å²) in [6.07, 6.45) is 5.12. The summed E-state index contributed by atoms with van der Waals surface area (Å²) in [4.78, 5) is 0. The van der Waals surface area contributed by atoms with Crippen molar-refractivity contribution < 1.29 is 8.42 Å². The fraction of sp³-hybridized carbons (Fsp3) is 1.00. The zero-order valence-corrected chi connectivity index (χ0v) is 12.3. The number of hydrogen-bond donors (Lipinski definition) is 0. The van der Waals surface area contributed by atoms with Crippen LogP contribution in [0.4, 0.5) is 0 Å². The van der Waals surface area contributed by atoms with Gasteiger partial charge in [0.05, 0.1) is 0 Å². The van der Waals surface area contributed by atoms with Gasteiger partial charge in [0.1, 0.15) is 0 Å². The lowest BCUT2D eigenvalue weighted by molar-refractivity contribution is 0.388. The fourth-order valence-corrected chi connectivity index (χ4v) is 3.71. The van der Waals surface area contributed by atoms with Gasteiger partial charge in [0.15, 0.2) is 0 Å². The smallest absolute Gasteiger partial charge is 0.195 e. The van der Waals surface area contributed by atoms with Crippen LogP contribution in [0.25, 0.3) is 0 Å². The van der Waals surface area contributed by atoms with Crippen LogP contribution in [0.5, 0.6) is 0 Å². The van der Waals surface area contributed by atoms with Gasteiger partial charge in [-0.3, -0.25) is 0 Å². The van der Waals surface area contributed by atoms with Gasteiger partial charge in [-0.2, -0.15) is 17.0 Å². The van der Waals surface area contributed by atoms with Gasteiger partial charge in [-0.15, -0.1) is 0 Å². The van der Waals surface area contributed by atoms with Gasteiger partial charge in [0, 0.05) is 32.0 Å². The first-order valence-electron chi connectivity index (χ1n) is 5.86. The second-order valence-corrected chi connectivity index (χ2v) is 7.01. The summed E-state index contributed by atoms with van der Waals surface area (Å²) >= 11 is 3.37. The van der Waals surface area contributed by atoms with Crippen LogP contribution in [-0.2, 0) is 10.2 Å². The molecule has 1 fully saturated rings. The Morgan fingerprint density at radius 2 is 1.81 bits per heavy atom. The number of hydrogen-bond acceptors (Lipinski definition) is 2. The number of unbranched alkanes of at least 4 members (excludes halogenated alkanes) is 2. The molecule has 96 valence electrons. The molecular formula is C10H21BrN2O2S. The molecule has 0 atom stereocenters. The second-order valence-electron chi connectivity index (χ2n) is 4.19. The number of halogens is 1. The minimum atomic E-state index is -3.17. The Bertz CT molecular complexity index is 289. The topological polar surface area (TPSA) is 40.6 Å². The summed E-state index contributed by atoms with van der Waals surface area (Å²) in [5.41, 5.74) is 0. The third kappa shape index (κ3) is 3.98. The standard InChI is InChI=1S/C10H21BrN2O2S/c1-12(8-4-2-3-7-11)16(14,15)13-9-5-6-10-13/h2-10H2,1H3. The summed E-state index contributed by atoms with van der Waals surface area (Å²) in [5.74, 6) is 0. The first kappa shape index (κ1) is 14.4. The van der Waals surface area contributed by atoms with E-state index in [0.29, 0.717) is 19.6 Å². The predicted molar refractivity (Wildman–Crippen MR) is 70.0 cm³/mol. The SMILES string of the molecule is CN(CCCCCBr)S(=O)(=O)N1CCCC1. The number of nitrogens with zero attached hydrogens (tertiary/aromatic N) is 2. The zero-order chi connectivity index (χ0) is 12.0. The van der Waals surface area contributed by atoms with E-state index in [0.717, 1.165) is 37.4 Å². The van der Waals surface area contributed by atoms with Crippen molar-refractivity contribution in [3.8, 4) is 0 Å². The predicted octanol–water partition coefficient (Wildman–Crippen LogP) is 1.82. The van der Waals surface area contributed by atoms with Crippen LogP contribution in [0.15, 0.2) is 0 Å². The Morgan fingerprint density at radius 1 is 1.19 bits per heavy atom. The summed E-state index contributed by atoms with van der Waals surface area (Å²) in [6, 6.07) is 0. The zero-order valence-electron chi connectivity index (χ0n) is 9.86. The van der Waals surface area contributed by atoms with E-state index in [4.69, 9.17) is 0 Å². The van der Waals surface area contributed by atoms with Crippen molar-refractivity contribution in [2.45, 2.75) is 32.1 Å². The molecule has 4 nitrogen and oxygen atoms in total. The molecule has 1 aliphatic heterocycles.